The van der Waals surface area contributed by atoms with Crippen LogP contribution in [0.1, 0.15) is 5.56 Å². The molecule has 0 unspecified atom stereocenters. The normalized spacial score (nSPS) is 10.2. The highest BCUT2D eigenvalue weighted by Gasteiger charge is 1.94. The van der Waals surface area contributed by atoms with E-state index in [4.69, 9.17) is 5.84 Å². The average molecular weight is 195 g/mol. The van der Waals surface area contributed by atoms with Crippen LogP contribution in [0.15, 0.2) is 29.3 Å². The van der Waals surface area contributed by atoms with Crippen LogP contribution >= 0.6 is 12.2 Å². The highest BCUT2D eigenvalue weighted by Crippen LogP contribution is 2.12. The molecule has 0 saturated heterocycles. The number of aromatic hydroxyl groups is 1. The van der Waals surface area contributed by atoms with Crippen LogP contribution in [0.4, 0.5) is 0 Å². The molecular weight excluding hydrogens is 186 g/mol. The maximum absolute atomic E-state index is 9.31. The van der Waals surface area contributed by atoms with Gasteiger partial charge in [0, 0.05) is 11.8 Å². The predicted molar refractivity (Wildman–Crippen MR) is 55.6 cm³/mol. The van der Waals surface area contributed by atoms with Gasteiger partial charge in [0.15, 0.2) is 0 Å². The Morgan fingerprint density at radius 3 is 2.85 bits per heavy atom. The third kappa shape index (κ3) is 2.81. The summed E-state index contributed by atoms with van der Waals surface area (Å²) in [5.74, 6) is 5.17. The van der Waals surface area contributed by atoms with E-state index in [1.54, 1.807) is 24.3 Å². The van der Waals surface area contributed by atoms with E-state index in [9.17, 15) is 5.11 Å². The van der Waals surface area contributed by atoms with Gasteiger partial charge in [-0.1, -0.05) is 12.1 Å². The van der Waals surface area contributed by atoms with E-state index in [2.05, 4.69) is 22.6 Å². The van der Waals surface area contributed by atoms with Crippen molar-refractivity contribution in [1.29, 1.82) is 0 Å². The Morgan fingerprint density at radius 2 is 2.23 bits per heavy atom. The molecule has 5 heteroatoms. The maximum atomic E-state index is 9.31. The largest absolute Gasteiger partial charge is 0.507 e. The van der Waals surface area contributed by atoms with Crippen LogP contribution in [-0.4, -0.2) is 16.4 Å². The SMILES string of the molecule is NNC(=S)/N=C/c1ccccc1O. The van der Waals surface area contributed by atoms with Gasteiger partial charge in [0.2, 0.25) is 5.11 Å². The molecule has 0 bridgehead atoms. The second-order valence-corrected chi connectivity index (χ2v) is 2.65. The number of phenolic OH excluding ortho intramolecular Hbond substituents is 1. The van der Waals surface area contributed by atoms with E-state index < -0.39 is 0 Å². The molecule has 0 radical (unpaired) electrons. The summed E-state index contributed by atoms with van der Waals surface area (Å²) in [4.78, 5) is 3.78. The molecule has 4 nitrogen and oxygen atoms in total. The molecular formula is C8H9N3OS. The fourth-order valence-electron chi connectivity index (χ4n) is 0.762. The minimum atomic E-state index is 0.158. The van der Waals surface area contributed by atoms with E-state index in [1.807, 2.05) is 0 Å². The van der Waals surface area contributed by atoms with Crippen LogP contribution in [0.2, 0.25) is 0 Å². The van der Waals surface area contributed by atoms with Crippen LogP contribution in [0, 0.1) is 0 Å². The number of hydrogen-bond acceptors (Lipinski definition) is 3. The van der Waals surface area contributed by atoms with E-state index >= 15 is 0 Å². The van der Waals surface area contributed by atoms with Crippen LogP contribution in [0.5, 0.6) is 5.75 Å². The van der Waals surface area contributed by atoms with Gasteiger partial charge in [0.1, 0.15) is 5.75 Å². The highest BCUT2D eigenvalue weighted by atomic mass is 32.1. The summed E-state index contributed by atoms with van der Waals surface area (Å²) in [6, 6.07) is 6.81. The molecule has 0 spiro atoms. The molecule has 0 atom stereocenters. The molecule has 0 saturated carbocycles. The zero-order valence-corrected chi connectivity index (χ0v) is 7.58. The molecule has 0 fully saturated rings. The fraction of sp³-hybridized carbons (Fsp3) is 0. The highest BCUT2D eigenvalue weighted by molar-refractivity contribution is 7.80. The summed E-state index contributed by atoms with van der Waals surface area (Å²) >= 11 is 4.68. The zero-order chi connectivity index (χ0) is 9.68. The lowest BCUT2D eigenvalue weighted by atomic mass is 10.2. The van der Waals surface area contributed by atoms with Gasteiger partial charge in [-0.2, -0.15) is 0 Å². The van der Waals surface area contributed by atoms with Crippen molar-refractivity contribution in [1.82, 2.24) is 5.43 Å². The Balaban J connectivity index is 2.80. The molecule has 1 rings (SSSR count). The van der Waals surface area contributed by atoms with Crippen molar-refractivity contribution in [2.24, 2.45) is 10.8 Å². The van der Waals surface area contributed by atoms with Crippen LogP contribution in [0.25, 0.3) is 0 Å². The molecule has 1 aromatic rings. The number of nitrogens with one attached hydrogen (secondary N) is 1. The van der Waals surface area contributed by atoms with E-state index in [1.165, 1.54) is 6.21 Å². The molecule has 0 aromatic heterocycles. The second-order valence-electron chi connectivity index (χ2n) is 2.27. The Hall–Kier alpha value is -1.46. The molecule has 0 amide bonds. The molecule has 4 N–H and O–H groups in total. The Kier molecular flexibility index (Phi) is 3.36. The first-order valence-corrected chi connectivity index (χ1v) is 3.97. The zero-order valence-electron chi connectivity index (χ0n) is 6.77. The number of rotatable bonds is 1. The first kappa shape index (κ1) is 9.63. The molecule has 0 aliphatic rings. The number of para-hydroxylation sites is 1. The van der Waals surface area contributed by atoms with Crippen molar-refractivity contribution in [3.8, 4) is 5.75 Å². The van der Waals surface area contributed by atoms with Crippen LogP contribution in [-0.2, 0) is 0 Å². The van der Waals surface area contributed by atoms with Gasteiger partial charge < -0.3 is 5.11 Å². The van der Waals surface area contributed by atoms with Crippen molar-refractivity contribution in [2.75, 3.05) is 0 Å². The average Bonchev–Trinajstić information content (AvgIpc) is 2.16. The lowest BCUT2D eigenvalue weighted by Gasteiger charge is -1.97. The van der Waals surface area contributed by atoms with Gasteiger partial charge in [0.05, 0.1) is 0 Å². The maximum Gasteiger partial charge on any atom is 0.207 e. The van der Waals surface area contributed by atoms with Crippen molar-refractivity contribution in [2.45, 2.75) is 0 Å². The van der Waals surface area contributed by atoms with E-state index in [0.29, 0.717) is 5.56 Å². The summed E-state index contributed by atoms with van der Waals surface area (Å²) in [7, 11) is 0. The van der Waals surface area contributed by atoms with Gasteiger partial charge in [-0.3, -0.25) is 5.43 Å². The topological polar surface area (TPSA) is 70.6 Å². The number of hydrogen-bond donors (Lipinski definition) is 3. The molecule has 68 valence electrons. The number of nitrogens with two attached hydrogens (primary N) is 1. The van der Waals surface area contributed by atoms with Crippen molar-refractivity contribution >= 4 is 23.5 Å². The quantitative estimate of drug-likeness (QED) is 0.265. The standard InChI is InChI=1S/C8H9N3OS/c9-11-8(13)10-5-6-3-1-2-4-7(6)12/h1-5,12H,9H2,(H,11,13)/b10-5+. The van der Waals surface area contributed by atoms with Crippen LogP contribution in [0.3, 0.4) is 0 Å². The molecule has 0 heterocycles. The first-order valence-electron chi connectivity index (χ1n) is 3.56. The number of nitrogens with zero attached hydrogens (tertiary/aromatic N) is 1. The van der Waals surface area contributed by atoms with Crippen LogP contribution < -0.4 is 11.3 Å². The monoisotopic (exact) mass is 195 g/mol. The summed E-state index contributed by atoms with van der Waals surface area (Å²) in [6.07, 6.45) is 1.44. The third-order valence-electron chi connectivity index (χ3n) is 1.38. The van der Waals surface area contributed by atoms with Gasteiger partial charge in [-0.15, -0.1) is 0 Å². The lowest BCUT2D eigenvalue weighted by Crippen LogP contribution is -2.26. The minimum absolute atomic E-state index is 0.158. The van der Waals surface area contributed by atoms with Crippen molar-refractivity contribution in [3.05, 3.63) is 29.8 Å². The molecule has 1 aromatic carbocycles. The number of aliphatic imine (C=N–C) groups is 1. The van der Waals surface area contributed by atoms with Gasteiger partial charge >= 0.3 is 0 Å². The lowest BCUT2D eigenvalue weighted by molar-refractivity contribution is 0.474. The summed E-state index contributed by atoms with van der Waals surface area (Å²) in [5, 5.41) is 9.48. The van der Waals surface area contributed by atoms with Crippen molar-refractivity contribution < 1.29 is 5.11 Å². The van der Waals surface area contributed by atoms with Gasteiger partial charge in [-0.05, 0) is 24.4 Å². The molecule has 0 aliphatic carbocycles. The minimum Gasteiger partial charge on any atom is -0.507 e. The number of benzene rings is 1. The molecule has 13 heavy (non-hydrogen) atoms. The Labute approximate surface area is 81.1 Å². The fourth-order valence-corrected chi connectivity index (χ4v) is 0.815. The Bertz CT molecular complexity index is 338. The second kappa shape index (κ2) is 4.54. The first-order chi connectivity index (χ1) is 6.24. The summed E-state index contributed by atoms with van der Waals surface area (Å²) in [5.41, 5.74) is 2.80. The van der Waals surface area contributed by atoms with Gasteiger partial charge in [0.25, 0.3) is 0 Å². The number of phenols is 1. The van der Waals surface area contributed by atoms with Gasteiger partial charge in [-0.25, -0.2) is 10.8 Å². The summed E-state index contributed by atoms with van der Waals surface area (Å²) < 4.78 is 0. The number of hydrazine groups is 1. The molecule has 0 aliphatic heterocycles. The summed E-state index contributed by atoms with van der Waals surface area (Å²) in [6.45, 7) is 0. The van der Waals surface area contributed by atoms with E-state index in [0.717, 1.165) is 0 Å². The van der Waals surface area contributed by atoms with Crippen molar-refractivity contribution in [3.63, 3.8) is 0 Å². The Morgan fingerprint density at radius 1 is 1.54 bits per heavy atom. The number of thiocarbonyl (C=S) groups is 1. The third-order valence-corrected chi connectivity index (χ3v) is 1.60. The smallest absolute Gasteiger partial charge is 0.207 e. The van der Waals surface area contributed by atoms with E-state index in [-0.39, 0.29) is 10.9 Å². The predicted octanol–water partition coefficient (Wildman–Crippen LogP) is 0.559.